The fourth-order valence-electron chi connectivity index (χ4n) is 0.987. The van der Waals surface area contributed by atoms with Crippen LogP contribution in [0.2, 0.25) is 0 Å². The van der Waals surface area contributed by atoms with Gasteiger partial charge in [0.05, 0.1) is 18.4 Å². The first kappa shape index (κ1) is 9.54. The zero-order valence-corrected chi connectivity index (χ0v) is 7.50. The second-order valence-corrected chi connectivity index (χ2v) is 2.63. The van der Waals surface area contributed by atoms with Crippen molar-refractivity contribution in [2.24, 2.45) is 0 Å². The Balaban J connectivity index is 3.06. The molecular weight excluding hydrogens is 170 g/mol. The van der Waals surface area contributed by atoms with Crippen LogP contribution < -0.4 is 5.48 Å². The summed E-state index contributed by atoms with van der Waals surface area (Å²) in [5.74, 6) is -0.420. The molecule has 0 fully saturated rings. The van der Waals surface area contributed by atoms with Crippen LogP contribution in [0.15, 0.2) is 18.2 Å². The van der Waals surface area contributed by atoms with Gasteiger partial charge in [0.15, 0.2) is 0 Å². The lowest BCUT2D eigenvalue weighted by Gasteiger charge is -2.05. The van der Waals surface area contributed by atoms with E-state index in [1.807, 2.05) is 12.4 Å². The van der Waals surface area contributed by atoms with Gasteiger partial charge in [0, 0.05) is 0 Å². The molecule has 0 aliphatic carbocycles. The number of carbonyl (C=O) groups excluding carboxylic acids is 1. The highest BCUT2D eigenvalue weighted by atomic mass is 16.5. The molecule has 0 radical (unpaired) electrons. The second-order valence-electron chi connectivity index (χ2n) is 2.63. The molecule has 0 spiro atoms. The standard InChI is InChI=1S/C9H11NO3/c1-6-3-4-7(9(11)13-2)5-8(6)10-12/h3-5,10,12H,1-2H3. The zero-order chi connectivity index (χ0) is 9.84. The van der Waals surface area contributed by atoms with E-state index >= 15 is 0 Å². The Morgan fingerprint density at radius 2 is 2.23 bits per heavy atom. The molecule has 0 aliphatic heterocycles. The predicted molar refractivity (Wildman–Crippen MR) is 47.9 cm³/mol. The van der Waals surface area contributed by atoms with Crippen LogP contribution in [0.25, 0.3) is 0 Å². The Labute approximate surface area is 76.1 Å². The van der Waals surface area contributed by atoms with Crippen molar-refractivity contribution in [3.63, 3.8) is 0 Å². The van der Waals surface area contributed by atoms with Crippen LogP contribution >= 0.6 is 0 Å². The van der Waals surface area contributed by atoms with Gasteiger partial charge in [-0.05, 0) is 24.6 Å². The van der Waals surface area contributed by atoms with Gasteiger partial charge in [-0.15, -0.1) is 0 Å². The maximum Gasteiger partial charge on any atom is 0.337 e. The summed E-state index contributed by atoms with van der Waals surface area (Å²) in [5, 5.41) is 8.70. The summed E-state index contributed by atoms with van der Waals surface area (Å²) < 4.78 is 4.53. The van der Waals surface area contributed by atoms with Crippen LogP contribution in [0.3, 0.4) is 0 Å². The first-order valence-electron chi connectivity index (χ1n) is 3.78. The SMILES string of the molecule is COC(=O)c1ccc(C)c(NO)c1. The quantitative estimate of drug-likeness (QED) is 0.537. The van der Waals surface area contributed by atoms with E-state index in [0.29, 0.717) is 11.3 Å². The summed E-state index contributed by atoms with van der Waals surface area (Å²) >= 11 is 0. The van der Waals surface area contributed by atoms with E-state index < -0.39 is 5.97 Å². The Hall–Kier alpha value is -1.55. The number of ether oxygens (including phenoxy) is 1. The third kappa shape index (κ3) is 1.97. The number of rotatable bonds is 2. The molecule has 0 heterocycles. The van der Waals surface area contributed by atoms with Crippen LogP contribution in [0.1, 0.15) is 15.9 Å². The van der Waals surface area contributed by atoms with Crippen LogP contribution in [-0.4, -0.2) is 18.3 Å². The van der Waals surface area contributed by atoms with E-state index in [0.717, 1.165) is 5.56 Å². The lowest BCUT2D eigenvalue weighted by Crippen LogP contribution is -2.02. The lowest BCUT2D eigenvalue weighted by molar-refractivity contribution is 0.0601. The van der Waals surface area contributed by atoms with Crippen LogP contribution in [0, 0.1) is 6.92 Å². The molecule has 70 valence electrons. The molecular formula is C9H11NO3. The maximum absolute atomic E-state index is 11.1. The monoisotopic (exact) mass is 181 g/mol. The minimum Gasteiger partial charge on any atom is -0.465 e. The van der Waals surface area contributed by atoms with Gasteiger partial charge in [-0.2, -0.15) is 0 Å². The largest absolute Gasteiger partial charge is 0.465 e. The Bertz CT molecular complexity index is 323. The molecule has 0 aliphatic rings. The molecule has 1 aromatic carbocycles. The molecule has 0 bridgehead atoms. The number of benzene rings is 1. The number of hydrogen-bond acceptors (Lipinski definition) is 4. The van der Waals surface area contributed by atoms with Crippen molar-refractivity contribution < 1.29 is 14.7 Å². The Morgan fingerprint density at radius 1 is 1.54 bits per heavy atom. The molecule has 1 aromatic rings. The number of nitrogens with one attached hydrogen (secondary N) is 1. The van der Waals surface area contributed by atoms with E-state index in [1.54, 1.807) is 12.1 Å². The summed E-state index contributed by atoms with van der Waals surface area (Å²) in [6, 6.07) is 4.90. The summed E-state index contributed by atoms with van der Waals surface area (Å²) in [6.07, 6.45) is 0. The van der Waals surface area contributed by atoms with E-state index in [4.69, 9.17) is 5.21 Å². The van der Waals surface area contributed by atoms with Crippen molar-refractivity contribution >= 4 is 11.7 Å². The van der Waals surface area contributed by atoms with Crippen LogP contribution in [0.4, 0.5) is 5.69 Å². The normalized spacial score (nSPS) is 9.46. The molecule has 13 heavy (non-hydrogen) atoms. The molecule has 0 atom stereocenters. The summed E-state index contributed by atoms with van der Waals surface area (Å²) in [5.41, 5.74) is 3.77. The maximum atomic E-state index is 11.1. The highest BCUT2D eigenvalue weighted by molar-refractivity contribution is 5.90. The number of aryl methyl sites for hydroxylation is 1. The van der Waals surface area contributed by atoms with E-state index in [-0.39, 0.29) is 0 Å². The van der Waals surface area contributed by atoms with Gasteiger partial charge in [0.1, 0.15) is 0 Å². The molecule has 0 saturated carbocycles. The van der Waals surface area contributed by atoms with Gasteiger partial charge >= 0.3 is 5.97 Å². The Morgan fingerprint density at radius 3 is 2.77 bits per heavy atom. The number of esters is 1. The molecule has 0 saturated heterocycles. The summed E-state index contributed by atoms with van der Waals surface area (Å²) in [6.45, 7) is 1.82. The zero-order valence-electron chi connectivity index (χ0n) is 7.50. The first-order valence-corrected chi connectivity index (χ1v) is 3.78. The van der Waals surface area contributed by atoms with Gasteiger partial charge in [0.2, 0.25) is 0 Å². The average molecular weight is 181 g/mol. The third-order valence-corrected chi connectivity index (χ3v) is 1.78. The lowest BCUT2D eigenvalue weighted by atomic mass is 10.1. The summed E-state index contributed by atoms with van der Waals surface area (Å²) in [4.78, 5) is 11.1. The van der Waals surface area contributed by atoms with Gasteiger partial charge in [-0.25, -0.2) is 4.79 Å². The fourth-order valence-corrected chi connectivity index (χ4v) is 0.987. The highest BCUT2D eigenvalue weighted by Gasteiger charge is 2.06. The van der Waals surface area contributed by atoms with Crippen LogP contribution in [-0.2, 0) is 4.74 Å². The fraction of sp³-hybridized carbons (Fsp3) is 0.222. The van der Waals surface area contributed by atoms with Crippen molar-refractivity contribution in [3.05, 3.63) is 29.3 Å². The summed E-state index contributed by atoms with van der Waals surface area (Å²) in [7, 11) is 1.31. The molecule has 0 amide bonds. The number of anilines is 1. The molecule has 4 heteroatoms. The van der Waals surface area contributed by atoms with Gasteiger partial charge in [0.25, 0.3) is 0 Å². The smallest absolute Gasteiger partial charge is 0.337 e. The minimum atomic E-state index is -0.420. The second kappa shape index (κ2) is 3.91. The predicted octanol–water partition coefficient (Wildman–Crippen LogP) is 1.58. The third-order valence-electron chi connectivity index (χ3n) is 1.78. The van der Waals surface area contributed by atoms with Crippen molar-refractivity contribution in [1.82, 2.24) is 0 Å². The van der Waals surface area contributed by atoms with E-state index in [9.17, 15) is 4.79 Å². The first-order chi connectivity index (χ1) is 6.19. The van der Waals surface area contributed by atoms with E-state index in [2.05, 4.69) is 4.74 Å². The Kier molecular flexibility index (Phi) is 2.87. The van der Waals surface area contributed by atoms with Gasteiger partial charge < -0.3 is 4.74 Å². The molecule has 0 aromatic heterocycles. The minimum absolute atomic E-state index is 0.407. The van der Waals surface area contributed by atoms with Gasteiger partial charge in [-0.3, -0.25) is 10.7 Å². The van der Waals surface area contributed by atoms with Crippen molar-refractivity contribution in [2.75, 3.05) is 12.6 Å². The number of methoxy groups -OCH3 is 1. The van der Waals surface area contributed by atoms with Gasteiger partial charge in [-0.1, -0.05) is 6.07 Å². The molecule has 1 rings (SSSR count). The van der Waals surface area contributed by atoms with Crippen LogP contribution in [0.5, 0.6) is 0 Å². The van der Waals surface area contributed by atoms with Crippen molar-refractivity contribution in [2.45, 2.75) is 6.92 Å². The molecule has 0 unspecified atom stereocenters. The van der Waals surface area contributed by atoms with Crippen molar-refractivity contribution in [1.29, 1.82) is 0 Å². The molecule has 2 N–H and O–H groups in total. The molecule has 4 nitrogen and oxygen atoms in total. The van der Waals surface area contributed by atoms with E-state index in [1.165, 1.54) is 13.2 Å². The number of carbonyl (C=O) groups is 1. The highest BCUT2D eigenvalue weighted by Crippen LogP contribution is 2.16. The average Bonchev–Trinajstić information content (AvgIpc) is 2.17. The number of hydrogen-bond donors (Lipinski definition) is 2. The topological polar surface area (TPSA) is 58.6 Å². The van der Waals surface area contributed by atoms with Crippen molar-refractivity contribution in [3.8, 4) is 0 Å².